The highest BCUT2D eigenvalue weighted by molar-refractivity contribution is 7.12. The van der Waals surface area contributed by atoms with Crippen molar-refractivity contribution in [1.82, 2.24) is 0 Å². The average Bonchev–Trinajstić information content (AvgIpc) is 2.77. The van der Waals surface area contributed by atoms with Crippen molar-refractivity contribution in [3.8, 4) is 0 Å². The van der Waals surface area contributed by atoms with Crippen molar-refractivity contribution in [2.45, 2.75) is 40.5 Å². The minimum absolute atomic E-state index is 0.266. The smallest absolute Gasteiger partial charge is 0.0406 e. The van der Waals surface area contributed by atoms with Crippen LogP contribution in [0.15, 0.2) is 36.4 Å². The summed E-state index contributed by atoms with van der Waals surface area (Å²) in [5.74, 6) is 0.993. The average molecular weight is 307 g/mol. The van der Waals surface area contributed by atoms with Crippen LogP contribution in [0, 0.1) is 18.3 Å². The molecule has 2 atom stereocenters. The Morgan fingerprint density at radius 2 is 1.60 bits per heavy atom. The highest BCUT2D eigenvalue weighted by atomic mass is 35.5. The van der Waals surface area contributed by atoms with Crippen LogP contribution in [0.2, 0.25) is 5.02 Å². The molecule has 1 heterocycles. The van der Waals surface area contributed by atoms with Gasteiger partial charge in [-0.15, -0.1) is 11.3 Å². The molecule has 1 aromatic heterocycles. The number of hydrogen-bond donors (Lipinski definition) is 0. The first-order valence-electron chi connectivity index (χ1n) is 7.11. The number of benzene rings is 1. The van der Waals surface area contributed by atoms with E-state index in [2.05, 4.69) is 58.9 Å². The second-order valence-corrected chi connectivity index (χ2v) is 8.39. The summed E-state index contributed by atoms with van der Waals surface area (Å²) in [6, 6.07) is 12.8. The molecule has 0 unspecified atom stereocenters. The lowest BCUT2D eigenvalue weighted by Gasteiger charge is -2.34. The van der Waals surface area contributed by atoms with E-state index in [1.54, 1.807) is 0 Å². The Balaban J connectivity index is 2.46. The van der Waals surface area contributed by atoms with Gasteiger partial charge < -0.3 is 0 Å². The van der Waals surface area contributed by atoms with Gasteiger partial charge in [0.05, 0.1) is 0 Å². The third kappa shape index (κ3) is 3.45. The molecule has 0 N–H and O–H groups in total. The summed E-state index contributed by atoms with van der Waals surface area (Å²) in [6.07, 6.45) is 0. The summed E-state index contributed by atoms with van der Waals surface area (Å²) < 4.78 is 0. The van der Waals surface area contributed by atoms with Crippen LogP contribution in [0.5, 0.6) is 0 Å². The molecule has 0 aliphatic heterocycles. The molecule has 0 nitrogen and oxygen atoms in total. The summed E-state index contributed by atoms with van der Waals surface area (Å²) in [6.45, 7) is 11.5. The van der Waals surface area contributed by atoms with E-state index >= 15 is 0 Å². The monoisotopic (exact) mass is 306 g/mol. The van der Waals surface area contributed by atoms with E-state index in [1.807, 2.05) is 23.5 Å². The van der Waals surface area contributed by atoms with Gasteiger partial charge in [0.15, 0.2) is 0 Å². The van der Waals surface area contributed by atoms with Crippen LogP contribution in [0.4, 0.5) is 0 Å². The van der Waals surface area contributed by atoms with Crippen LogP contribution >= 0.6 is 22.9 Å². The van der Waals surface area contributed by atoms with Gasteiger partial charge in [0, 0.05) is 20.7 Å². The third-order valence-electron chi connectivity index (χ3n) is 4.16. The van der Waals surface area contributed by atoms with Gasteiger partial charge in [0.2, 0.25) is 0 Å². The fraction of sp³-hybridized carbons (Fsp3) is 0.444. The molecular weight excluding hydrogens is 284 g/mol. The van der Waals surface area contributed by atoms with Crippen LogP contribution in [-0.2, 0) is 0 Å². The summed E-state index contributed by atoms with van der Waals surface area (Å²) in [4.78, 5) is 2.83. The standard InChI is InChI=1S/C18H23ClS/c1-12-6-11-16(20-12)17(13(2)18(3,4)5)14-7-9-15(19)10-8-14/h6-11,13,17H,1-5H3/t13-,17-/m1/s1. The van der Waals surface area contributed by atoms with Crippen molar-refractivity contribution in [3.05, 3.63) is 56.7 Å². The normalized spacial score (nSPS) is 15.1. The van der Waals surface area contributed by atoms with E-state index in [4.69, 9.17) is 11.6 Å². The van der Waals surface area contributed by atoms with Gasteiger partial charge in [-0.05, 0) is 48.1 Å². The number of hydrogen-bond acceptors (Lipinski definition) is 1. The molecule has 108 valence electrons. The Bertz CT molecular complexity index is 560. The maximum Gasteiger partial charge on any atom is 0.0406 e. The molecule has 20 heavy (non-hydrogen) atoms. The molecule has 0 radical (unpaired) electrons. The van der Waals surface area contributed by atoms with E-state index in [-0.39, 0.29) is 5.41 Å². The van der Waals surface area contributed by atoms with Crippen LogP contribution in [0.25, 0.3) is 0 Å². The molecule has 0 aliphatic carbocycles. The molecular formula is C18H23ClS. The zero-order valence-corrected chi connectivity index (χ0v) is 14.5. The minimum atomic E-state index is 0.266. The SMILES string of the molecule is Cc1ccc([C@@H](c2ccc(Cl)cc2)[C@@H](C)C(C)(C)C)s1. The second-order valence-electron chi connectivity index (χ2n) is 6.63. The Labute approximate surface area is 131 Å². The van der Waals surface area contributed by atoms with Gasteiger partial charge in [0.25, 0.3) is 0 Å². The van der Waals surface area contributed by atoms with Gasteiger partial charge in [-0.3, -0.25) is 0 Å². The first kappa shape index (κ1) is 15.6. The van der Waals surface area contributed by atoms with Crippen molar-refractivity contribution in [2.24, 2.45) is 11.3 Å². The molecule has 0 aliphatic rings. The van der Waals surface area contributed by atoms with Crippen molar-refractivity contribution in [2.75, 3.05) is 0 Å². The lowest BCUT2D eigenvalue weighted by Crippen LogP contribution is -2.24. The lowest BCUT2D eigenvalue weighted by molar-refractivity contribution is 0.239. The van der Waals surface area contributed by atoms with Crippen LogP contribution in [0.1, 0.15) is 48.9 Å². The van der Waals surface area contributed by atoms with Crippen molar-refractivity contribution in [3.63, 3.8) is 0 Å². The molecule has 2 rings (SSSR count). The zero-order valence-electron chi connectivity index (χ0n) is 12.9. The largest absolute Gasteiger partial charge is 0.145 e. The van der Waals surface area contributed by atoms with Crippen molar-refractivity contribution in [1.29, 1.82) is 0 Å². The fourth-order valence-corrected chi connectivity index (χ4v) is 3.73. The quantitative estimate of drug-likeness (QED) is 0.605. The molecule has 1 aromatic carbocycles. The van der Waals surface area contributed by atoms with Gasteiger partial charge >= 0.3 is 0 Å². The summed E-state index contributed by atoms with van der Waals surface area (Å²) >= 11 is 7.94. The first-order valence-corrected chi connectivity index (χ1v) is 8.30. The molecule has 0 bridgehead atoms. The first-order chi connectivity index (χ1) is 9.29. The molecule has 2 aromatic rings. The van der Waals surface area contributed by atoms with Gasteiger partial charge in [-0.2, -0.15) is 0 Å². The predicted octanol–water partition coefficient (Wildman–Crippen LogP) is 6.52. The van der Waals surface area contributed by atoms with Crippen LogP contribution < -0.4 is 0 Å². The minimum Gasteiger partial charge on any atom is -0.145 e. The van der Waals surface area contributed by atoms with E-state index in [1.165, 1.54) is 15.3 Å². The van der Waals surface area contributed by atoms with Crippen molar-refractivity contribution >= 4 is 22.9 Å². The van der Waals surface area contributed by atoms with Gasteiger partial charge in [0.1, 0.15) is 0 Å². The van der Waals surface area contributed by atoms with Crippen molar-refractivity contribution < 1.29 is 0 Å². The van der Waals surface area contributed by atoms with Gasteiger partial charge in [-0.25, -0.2) is 0 Å². The number of thiophene rings is 1. The highest BCUT2D eigenvalue weighted by Crippen LogP contribution is 2.43. The molecule has 0 saturated heterocycles. The van der Waals surface area contributed by atoms with E-state index in [0.717, 1.165) is 5.02 Å². The molecule has 0 saturated carbocycles. The maximum absolute atomic E-state index is 6.04. The summed E-state index contributed by atoms with van der Waals surface area (Å²) in [7, 11) is 0. The van der Waals surface area contributed by atoms with E-state index in [0.29, 0.717) is 11.8 Å². The number of rotatable bonds is 3. The maximum atomic E-state index is 6.04. The highest BCUT2D eigenvalue weighted by Gasteiger charge is 2.31. The Kier molecular flexibility index (Phi) is 4.61. The predicted molar refractivity (Wildman–Crippen MR) is 91.0 cm³/mol. The molecule has 0 amide bonds. The third-order valence-corrected chi connectivity index (χ3v) is 5.50. The topological polar surface area (TPSA) is 0 Å². The second kappa shape index (κ2) is 5.91. The summed E-state index contributed by atoms with van der Waals surface area (Å²) in [5.41, 5.74) is 1.63. The molecule has 2 heteroatoms. The lowest BCUT2D eigenvalue weighted by atomic mass is 9.71. The molecule has 0 spiro atoms. The number of halogens is 1. The fourth-order valence-electron chi connectivity index (χ4n) is 2.49. The Morgan fingerprint density at radius 1 is 1.00 bits per heavy atom. The number of aryl methyl sites for hydroxylation is 1. The van der Waals surface area contributed by atoms with Crippen LogP contribution in [-0.4, -0.2) is 0 Å². The Hall–Kier alpha value is -0.790. The Morgan fingerprint density at radius 3 is 2.05 bits per heavy atom. The van der Waals surface area contributed by atoms with E-state index < -0.39 is 0 Å². The van der Waals surface area contributed by atoms with Crippen LogP contribution in [0.3, 0.4) is 0 Å². The van der Waals surface area contributed by atoms with Gasteiger partial charge in [-0.1, -0.05) is 51.4 Å². The molecule has 0 fully saturated rings. The summed E-state index contributed by atoms with van der Waals surface area (Å²) in [5, 5.41) is 0.804. The zero-order chi connectivity index (χ0) is 14.9. The van der Waals surface area contributed by atoms with E-state index in [9.17, 15) is 0 Å².